The van der Waals surface area contributed by atoms with Crippen LogP contribution in [0.4, 0.5) is 5.69 Å². The first-order valence-corrected chi connectivity index (χ1v) is 7.50. The molecule has 0 bridgehead atoms. The lowest BCUT2D eigenvalue weighted by molar-refractivity contribution is -0.136. The summed E-state index contributed by atoms with van der Waals surface area (Å²) < 4.78 is 0. The van der Waals surface area contributed by atoms with Crippen molar-refractivity contribution in [1.82, 2.24) is 0 Å². The van der Waals surface area contributed by atoms with Gasteiger partial charge in [-0.1, -0.05) is 19.4 Å². The Morgan fingerprint density at radius 3 is 2.78 bits per heavy atom. The summed E-state index contributed by atoms with van der Waals surface area (Å²) in [5.41, 5.74) is 1.12. The monoisotopic (exact) mass is 267 g/mol. The number of carboxylic acids is 1. The maximum Gasteiger partial charge on any atom is 0.305 e. The van der Waals surface area contributed by atoms with E-state index in [0.29, 0.717) is 6.54 Å². The molecule has 0 saturated heterocycles. The molecule has 1 aromatic rings. The Balaban J connectivity index is 2.75. The quantitative estimate of drug-likeness (QED) is 0.732. The van der Waals surface area contributed by atoms with Crippen molar-refractivity contribution < 1.29 is 9.90 Å². The van der Waals surface area contributed by atoms with E-state index in [2.05, 4.69) is 30.0 Å². The molecule has 1 N–H and O–H groups in total. The molecule has 0 aliphatic rings. The fourth-order valence-corrected chi connectivity index (χ4v) is 2.21. The number of thioether (sulfide) groups is 1. The van der Waals surface area contributed by atoms with E-state index in [1.54, 1.807) is 11.8 Å². The average molecular weight is 267 g/mol. The average Bonchev–Trinajstić information content (AvgIpc) is 2.38. The first kappa shape index (κ1) is 14.9. The molecule has 0 spiro atoms. The van der Waals surface area contributed by atoms with Crippen LogP contribution in [-0.4, -0.2) is 30.4 Å². The third kappa shape index (κ3) is 5.00. The zero-order valence-corrected chi connectivity index (χ0v) is 11.9. The SMILES string of the molecule is CCCCN(CCC(=O)O)c1cccc(SC)c1. The van der Waals surface area contributed by atoms with Crippen LogP contribution >= 0.6 is 11.8 Å². The normalized spacial score (nSPS) is 10.3. The van der Waals surface area contributed by atoms with E-state index < -0.39 is 5.97 Å². The summed E-state index contributed by atoms with van der Waals surface area (Å²) in [6.07, 6.45) is 4.44. The van der Waals surface area contributed by atoms with Crippen LogP contribution in [0.1, 0.15) is 26.2 Å². The Labute approximate surface area is 113 Å². The van der Waals surface area contributed by atoms with Crippen LogP contribution < -0.4 is 4.90 Å². The molecule has 4 heteroatoms. The van der Waals surface area contributed by atoms with Crippen molar-refractivity contribution in [3.05, 3.63) is 24.3 Å². The lowest BCUT2D eigenvalue weighted by Gasteiger charge is -2.24. The minimum Gasteiger partial charge on any atom is -0.481 e. The van der Waals surface area contributed by atoms with Gasteiger partial charge in [-0.3, -0.25) is 4.79 Å². The van der Waals surface area contributed by atoms with Gasteiger partial charge in [0.1, 0.15) is 0 Å². The van der Waals surface area contributed by atoms with Crippen LogP contribution in [-0.2, 0) is 4.79 Å². The van der Waals surface area contributed by atoms with E-state index in [1.807, 2.05) is 12.3 Å². The number of hydrogen-bond acceptors (Lipinski definition) is 3. The van der Waals surface area contributed by atoms with E-state index in [1.165, 1.54) is 4.90 Å². The third-order valence-electron chi connectivity index (χ3n) is 2.80. The molecule has 0 aliphatic carbocycles. The van der Waals surface area contributed by atoms with Gasteiger partial charge in [0.05, 0.1) is 6.42 Å². The number of carboxylic acid groups (broad SMARTS) is 1. The van der Waals surface area contributed by atoms with E-state index in [0.717, 1.165) is 25.1 Å². The predicted octanol–water partition coefficient (Wildman–Crippen LogP) is 3.49. The molecule has 0 heterocycles. The van der Waals surface area contributed by atoms with Crippen molar-refractivity contribution in [2.75, 3.05) is 24.2 Å². The van der Waals surface area contributed by atoms with Gasteiger partial charge in [0.15, 0.2) is 0 Å². The zero-order chi connectivity index (χ0) is 13.4. The van der Waals surface area contributed by atoms with Crippen LogP contribution in [0.15, 0.2) is 29.2 Å². The molecule has 1 rings (SSSR count). The second kappa shape index (κ2) is 8.03. The Morgan fingerprint density at radius 1 is 1.39 bits per heavy atom. The molecule has 100 valence electrons. The van der Waals surface area contributed by atoms with Gasteiger partial charge in [-0.05, 0) is 30.9 Å². The molecular weight excluding hydrogens is 246 g/mol. The predicted molar refractivity (Wildman–Crippen MR) is 77.6 cm³/mol. The Bertz CT molecular complexity index is 382. The number of hydrogen-bond donors (Lipinski definition) is 1. The number of carbonyl (C=O) groups is 1. The van der Waals surface area contributed by atoms with Gasteiger partial charge >= 0.3 is 5.97 Å². The van der Waals surface area contributed by atoms with E-state index in [-0.39, 0.29) is 6.42 Å². The largest absolute Gasteiger partial charge is 0.481 e. The molecule has 0 radical (unpaired) electrons. The van der Waals surface area contributed by atoms with Crippen molar-refractivity contribution in [2.24, 2.45) is 0 Å². The van der Waals surface area contributed by atoms with Crippen molar-refractivity contribution in [1.29, 1.82) is 0 Å². The van der Waals surface area contributed by atoms with Crippen LogP contribution in [0, 0.1) is 0 Å². The highest BCUT2D eigenvalue weighted by Crippen LogP contribution is 2.22. The Hall–Kier alpha value is -1.16. The van der Waals surface area contributed by atoms with Gasteiger partial charge in [-0.2, -0.15) is 0 Å². The number of rotatable bonds is 8. The molecule has 0 aromatic heterocycles. The summed E-state index contributed by atoms with van der Waals surface area (Å²) in [6.45, 7) is 3.64. The van der Waals surface area contributed by atoms with Gasteiger partial charge in [0.2, 0.25) is 0 Å². The Kier molecular flexibility index (Phi) is 6.65. The highest BCUT2D eigenvalue weighted by atomic mass is 32.2. The first-order valence-electron chi connectivity index (χ1n) is 6.28. The second-order valence-corrected chi connectivity index (χ2v) is 5.07. The fraction of sp³-hybridized carbons (Fsp3) is 0.500. The molecule has 0 unspecified atom stereocenters. The summed E-state index contributed by atoms with van der Waals surface area (Å²) in [5, 5.41) is 8.80. The summed E-state index contributed by atoms with van der Waals surface area (Å²) in [5.74, 6) is -0.738. The molecule has 0 fully saturated rings. The molecular formula is C14H21NO2S. The molecule has 18 heavy (non-hydrogen) atoms. The highest BCUT2D eigenvalue weighted by molar-refractivity contribution is 7.98. The number of nitrogens with zero attached hydrogens (tertiary/aromatic N) is 1. The summed E-state index contributed by atoms with van der Waals surface area (Å²) in [6, 6.07) is 8.28. The fourth-order valence-electron chi connectivity index (χ4n) is 1.76. The maximum absolute atomic E-state index is 10.7. The standard InChI is InChI=1S/C14H21NO2S/c1-3-4-9-15(10-8-14(16)17)12-6-5-7-13(11-12)18-2/h5-7,11H,3-4,8-10H2,1-2H3,(H,16,17). The van der Waals surface area contributed by atoms with Gasteiger partial charge in [-0.15, -0.1) is 11.8 Å². The van der Waals surface area contributed by atoms with Crippen molar-refractivity contribution in [3.63, 3.8) is 0 Å². The van der Waals surface area contributed by atoms with Gasteiger partial charge in [0.25, 0.3) is 0 Å². The minimum atomic E-state index is -0.738. The summed E-state index contributed by atoms with van der Waals surface area (Å²) in [4.78, 5) is 14.1. The smallest absolute Gasteiger partial charge is 0.305 e. The van der Waals surface area contributed by atoms with E-state index in [9.17, 15) is 4.79 Å². The lowest BCUT2D eigenvalue weighted by Crippen LogP contribution is -2.27. The van der Waals surface area contributed by atoms with Crippen LogP contribution in [0.3, 0.4) is 0 Å². The number of unbranched alkanes of at least 4 members (excludes halogenated alkanes) is 1. The van der Waals surface area contributed by atoms with Gasteiger partial charge in [0, 0.05) is 23.7 Å². The summed E-state index contributed by atoms with van der Waals surface area (Å²) >= 11 is 1.71. The second-order valence-electron chi connectivity index (χ2n) is 4.19. The number of aliphatic carboxylic acids is 1. The first-order chi connectivity index (χ1) is 8.67. The van der Waals surface area contributed by atoms with E-state index in [4.69, 9.17) is 5.11 Å². The van der Waals surface area contributed by atoms with Crippen molar-refractivity contribution in [2.45, 2.75) is 31.1 Å². The zero-order valence-electron chi connectivity index (χ0n) is 11.1. The molecule has 0 aliphatic heterocycles. The van der Waals surface area contributed by atoms with Gasteiger partial charge < -0.3 is 10.0 Å². The molecule has 0 atom stereocenters. The topological polar surface area (TPSA) is 40.5 Å². The molecule has 1 aromatic carbocycles. The van der Waals surface area contributed by atoms with Crippen LogP contribution in [0.5, 0.6) is 0 Å². The number of anilines is 1. The molecule has 3 nitrogen and oxygen atoms in total. The maximum atomic E-state index is 10.7. The van der Waals surface area contributed by atoms with Crippen molar-refractivity contribution >= 4 is 23.4 Å². The van der Waals surface area contributed by atoms with Crippen LogP contribution in [0.25, 0.3) is 0 Å². The van der Waals surface area contributed by atoms with E-state index >= 15 is 0 Å². The molecule has 0 saturated carbocycles. The third-order valence-corrected chi connectivity index (χ3v) is 3.52. The summed E-state index contributed by atoms with van der Waals surface area (Å²) in [7, 11) is 0. The highest BCUT2D eigenvalue weighted by Gasteiger charge is 2.08. The lowest BCUT2D eigenvalue weighted by atomic mass is 10.2. The number of benzene rings is 1. The molecule has 0 amide bonds. The Morgan fingerprint density at radius 2 is 2.17 bits per heavy atom. The van der Waals surface area contributed by atoms with Gasteiger partial charge in [-0.25, -0.2) is 0 Å². The van der Waals surface area contributed by atoms with Crippen LogP contribution in [0.2, 0.25) is 0 Å². The van der Waals surface area contributed by atoms with Crippen molar-refractivity contribution in [3.8, 4) is 0 Å². The minimum absolute atomic E-state index is 0.188.